The van der Waals surface area contributed by atoms with Crippen LogP contribution in [0.25, 0.3) is 0 Å². The molecule has 1 fully saturated rings. The average molecular weight is 324 g/mol. The Hall–Kier alpha value is -2.13. The molecule has 0 spiro atoms. The number of benzene rings is 2. The first-order valence-corrected chi connectivity index (χ1v) is 8.35. The molecular weight excluding hydrogens is 300 g/mol. The summed E-state index contributed by atoms with van der Waals surface area (Å²) < 4.78 is 10.9. The van der Waals surface area contributed by atoms with Crippen LogP contribution in [0.3, 0.4) is 0 Å². The molecule has 3 heteroatoms. The van der Waals surface area contributed by atoms with Gasteiger partial charge in [-0.05, 0) is 47.7 Å². The van der Waals surface area contributed by atoms with E-state index in [2.05, 4.69) is 26.8 Å². The second-order valence-corrected chi connectivity index (χ2v) is 7.41. The van der Waals surface area contributed by atoms with Crippen molar-refractivity contribution in [2.75, 3.05) is 13.2 Å². The molecule has 0 radical (unpaired) electrons. The van der Waals surface area contributed by atoms with Crippen LogP contribution in [-0.2, 0) is 10.2 Å². The van der Waals surface area contributed by atoms with Gasteiger partial charge in [-0.1, -0.05) is 39.0 Å². The Labute approximate surface area is 143 Å². The van der Waals surface area contributed by atoms with Gasteiger partial charge in [-0.15, -0.1) is 0 Å². The summed E-state index contributed by atoms with van der Waals surface area (Å²) in [4.78, 5) is 12.8. The van der Waals surface area contributed by atoms with Crippen LogP contribution in [0.4, 0.5) is 0 Å². The summed E-state index contributed by atoms with van der Waals surface area (Å²) >= 11 is 0. The molecule has 1 unspecified atom stereocenters. The Morgan fingerprint density at radius 1 is 1.17 bits per heavy atom. The fourth-order valence-electron chi connectivity index (χ4n) is 2.59. The van der Waals surface area contributed by atoms with Crippen molar-refractivity contribution in [2.24, 2.45) is 0 Å². The predicted octanol–water partition coefficient (Wildman–Crippen LogP) is 4.30. The average Bonchev–Trinajstić information content (AvgIpc) is 3.36. The van der Waals surface area contributed by atoms with Gasteiger partial charge < -0.3 is 9.47 Å². The highest BCUT2D eigenvalue weighted by molar-refractivity contribution is 6.09. The first kappa shape index (κ1) is 16.7. The number of epoxide rings is 1. The SMILES string of the molecule is Cc1cc(C(=O)c2cccc(C(C)(C)C)c2)ccc1OCC1CO1. The first-order chi connectivity index (χ1) is 11.3. The molecule has 0 saturated carbocycles. The number of carbonyl (C=O) groups is 1. The van der Waals surface area contributed by atoms with Crippen molar-refractivity contribution >= 4 is 5.78 Å². The van der Waals surface area contributed by atoms with Crippen molar-refractivity contribution < 1.29 is 14.3 Å². The van der Waals surface area contributed by atoms with E-state index >= 15 is 0 Å². The van der Waals surface area contributed by atoms with Crippen LogP contribution in [-0.4, -0.2) is 25.1 Å². The van der Waals surface area contributed by atoms with Gasteiger partial charge in [0.25, 0.3) is 0 Å². The summed E-state index contributed by atoms with van der Waals surface area (Å²) in [7, 11) is 0. The number of hydrogen-bond acceptors (Lipinski definition) is 3. The molecule has 0 aromatic heterocycles. The van der Waals surface area contributed by atoms with Crippen molar-refractivity contribution in [3.8, 4) is 5.75 Å². The molecule has 1 heterocycles. The zero-order valence-corrected chi connectivity index (χ0v) is 14.8. The Bertz CT molecular complexity index is 752. The summed E-state index contributed by atoms with van der Waals surface area (Å²) in [5.74, 6) is 0.853. The molecule has 1 atom stereocenters. The van der Waals surface area contributed by atoms with Crippen molar-refractivity contribution in [1.82, 2.24) is 0 Å². The molecule has 0 aliphatic carbocycles. The first-order valence-electron chi connectivity index (χ1n) is 8.35. The van der Waals surface area contributed by atoms with E-state index in [-0.39, 0.29) is 17.3 Å². The number of aryl methyl sites for hydroxylation is 1. The van der Waals surface area contributed by atoms with E-state index in [0.717, 1.165) is 29.0 Å². The molecule has 0 bridgehead atoms. The highest BCUT2D eigenvalue weighted by atomic mass is 16.6. The normalized spacial score (nSPS) is 16.8. The van der Waals surface area contributed by atoms with Crippen molar-refractivity contribution in [1.29, 1.82) is 0 Å². The molecule has 3 rings (SSSR count). The maximum atomic E-state index is 12.8. The summed E-state index contributed by atoms with van der Waals surface area (Å²) in [6, 6.07) is 13.5. The van der Waals surface area contributed by atoms with Gasteiger partial charge in [-0.2, -0.15) is 0 Å². The summed E-state index contributed by atoms with van der Waals surface area (Å²) in [5.41, 5.74) is 3.56. The lowest BCUT2D eigenvalue weighted by molar-refractivity contribution is 0.103. The Morgan fingerprint density at radius 2 is 1.88 bits per heavy atom. The Balaban J connectivity index is 1.80. The third-order valence-electron chi connectivity index (χ3n) is 4.26. The van der Waals surface area contributed by atoms with Crippen molar-refractivity contribution in [3.63, 3.8) is 0 Å². The molecule has 0 N–H and O–H groups in total. The van der Waals surface area contributed by atoms with Crippen molar-refractivity contribution in [2.45, 2.75) is 39.2 Å². The van der Waals surface area contributed by atoms with Gasteiger partial charge >= 0.3 is 0 Å². The van der Waals surface area contributed by atoms with Crippen LogP contribution in [0.5, 0.6) is 5.75 Å². The smallest absolute Gasteiger partial charge is 0.193 e. The van der Waals surface area contributed by atoms with Gasteiger partial charge in [0.2, 0.25) is 0 Å². The lowest BCUT2D eigenvalue weighted by atomic mass is 9.85. The molecule has 1 aliphatic rings. The standard InChI is InChI=1S/C21H24O3/c1-14-10-16(8-9-19(14)24-13-18-12-23-18)20(22)15-6-5-7-17(11-15)21(2,3)4/h5-11,18H,12-13H2,1-4H3. The minimum atomic E-state index is 0.0226. The van der Waals surface area contributed by atoms with E-state index in [4.69, 9.17) is 9.47 Å². The van der Waals surface area contributed by atoms with E-state index in [1.165, 1.54) is 0 Å². The minimum Gasteiger partial charge on any atom is -0.491 e. The molecule has 3 nitrogen and oxygen atoms in total. The lowest BCUT2D eigenvalue weighted by Crippen LogP contribution is -2.12. The van der Waals surface area contributed by atoms with Gasteiger partial charge in [0.15, 0.2) is 5.78 Å². The fourth-order valence-corrected chi connectivity index (χ4v) is 2.59. The van der Waals surface area contributed by atoms with Gasteiger partial charge in [-0.25, -0.2) is 0 Å². The Kier molecular flexibility index (Phi) is 4.46. The minimum absolute atomic E-state index is 0.0226. The zero-order valence-electron chi connectivity index (χ0n) is 14.8. The van der Waals surface area contributed by atoms with Crippen LogP contribution in [0.1, 0.15) is 47.8 Å². The van der Waals surface area contributed by atoms with Crippen LogP contribution in [0, 0.1) is 6.92 Å². The molecular formula is C21H24O3. The lowest BCUT2D eigenvalue weighted by Gasteiger charge is -2.19. The summed E-state index contributed by atoms with van der Waals surface area (Å²) in [5, 5.41) is 0. The highest BCUT2D eigenvalue weighted by Crippen LogP contribution is 2.25. The number of ketones is 1. The van der Waals surface area contributed by atoms with E-state index in [9.17, 15) is 4.79 Å². The fraction of sp³-hybridized carbons (Fsp3) is 0.381. The van der Waals surface area contributed by atoms with Gasteiger partial charge in [0, 0.05) is 11.1 Å². The van der Waals surface area contributed by atoms with E-state index in [1.807, 2.05) is 43.3 Å². The van der Waals surface area contributed by atoms with Crippen LogP contribution >= 0.6 is 0 Å². The van der Waals surface area contributed by atoms with Gasteiger partial charge in [0.1, 0.15) is 18.5 Å². The maximum absolute atomic E-state index is 12.8. The van der Waals surface area contributed by atoms with Gasteiger partial charge in [0.05, 0.1) is 6.61 Å². The molecule has 2 aromatic rings. The molecule has 24 heavy (non-hydrogen) atoms. The molecule has 1 aliphatic heterocycles. The second kappa shape index (κ2) is 6.40. The zero-order chi connectivity index (χ0) is 17.3. The third-order valence-corrected chi connectivity index (χ3v) is 4.26. The summed E-state index contributed by atoms with van der Waals surface area (Å²) in [6.45, 7) is 9.76. The van der Waals surface area contributed by atoms with Crippen molar-refractivity contribution in [3.05, 3.63) is 64.7 Å². The number of ether oxygens (including phenoxy) is 2. The van der Waals surface area contributed by atoms with E-state index < -0.39 is 0 Å². The molecule has 1 saturated heterocycles. The van der Waals surface area contributed by atoms with Crippen LogP contribution < -0.4 is 4.74 Å². The largest absolute Gasteiger partial charge is 0.491 e. The quantitative estimate of drug-likeness (QED) is 0.608. The van der Waals surface area contributed by atoms with E-state index in [0.29, 0.717) is 12.2 Å². The number of carbonyl (C=O) groups excluding carboxylic acids is 1. The molecule has 0 amide bonds. The van der Waals surface area contributed by atoms with Gasteiger partial charge in [-0.3, -0.25) is 4.79 Å². The maximum Gasteiger partial charge on any atom is 0.193 e. The Morgan fingerprint density at radius 3 is 2.50 bits per heavy atom. The van der Waals surface area contributed by atoms with Crippen LogP contribution in [0.15, 0.2) is 42.5 Å². The monoisotopic (exact) mass is 324 g/mol. The summed E-state index contributed by atoms with van der Waals surface area (Å²) in [6.07, 6.45) is 0.228. The molecule has 2 aromatic carbocycles. The number of rotatable bonds is 5. The second-order valence-electron chi connectivity index (χ2n) is 7.41. The van der Waals surface area contributed by atoms with E-state index in [1.54, 1.807) is 0 Å². The van der Waals surface area contributed by atoms with Crippen LogP contribution in [0.2, 0.25) is 0 Å². The molecule has 126 valence electrons. The highest BCUT2D eigenvalue weighted by Gasteiger charge is 2.23. The third kappa shape index (κ3) is 3.85. The number of hydrogen-bond donors (Lipinski definition) is 0. The topological polar surface area (TPSA) is 38.8 Å². The predicted molar refractivity (Wildman–Crippen MR) is 95.0 cm³/mol.